The van der Waals surface area contributed by atoms with E-state index in [1.807, 2.05) is 19.0 Å². The monoisotopic (exact) mass is 346 g/mol. The van der Waals surface area contributed by atoms with Gasteiger partial charge in [-0.3, -0.25) is 4.90 Å². The first-order valence-electron chi connectivity index (χ1n) is 8.61. The van der Waals surface area contributed by atoms with Gasteiger partial charge < -0.3 is 10.0 Å². The molecule has 3 rings (SSSR count). The van der Waals surface area contributed by atoms with Gasteiger partial charge in [-0.1, -0.05) is 24.3 Å². The summed E-state index contributed by atoms with van der Waals surface area (Å²) in [5.74, 6) is 0.879. The van der Waals surface area contributed by atoms with E-state index in [9.17, 15) is 5.11 Å². The molecule has 0 radical (unpaired) electrons. The molecule has 24 heavy (non-hydrogen) atoms. The molecule has 1 aromatic heterocycles. The maximum Gasteiger partial charge on any atom is 0.204 e. The summed E-state index contributed by atoms with van der Waals surface area (Å²) >= 11 is 1.44. The lowest BCUT2D eigenvalue weighted by atomic mass is 9.86. The number of aryl methyl sites for hydroxylation is 1. The van der Waals surface area contributed by atoms with E-state index in [1.165, 1.54) is 35.5 Å². The zero-order chi connectivity index (χ0) is 16.9. The van der Waals surface area contributed by atoms with Crippen molar-refractivity contribution in [3.63, 3.8) is 0 Å². The molecule has 1 heterocycles. The van der Waals surface area contributed by atoms with Crippen molar-refractivity contribution in [3.8, 4) is 0 Å². The van der Waals surface area contributed by atoms with E-state index < -0.39 is 0 Å². The van der Waals surface area contributed by atoms with Crippen LogP contribution in [0.4, 0.5) is 5.13 Å². The summed E-state index contributed by atoms with van der Waals surface area (Å²) < 4.78 is 4.52. The standard InChI is InChI=1S/C18H26N4OS/c1-21(2)18-19-17(20-24-18)13-22(11-6-12-23)16-10-5-8-14-7-3-4-9-15(14)16/h3-4,7,9,16,23H,5-6,8,10-13H2,1-2H3. The van der Waals surface area contributed by atoms with Crippen molar-refractivity contribution in [2.24, 2.45) is 0 Å². The molecule has 1 atom stereocenters. The number of aliphatic hydroxyl groups excluding tert-OH is 1. The Morgan fingerprint density at radius 1 is 1.29 bits per heavy atom. The van der Waals surface area contributed by atoms with E-state index in [2.05, 4.69) is 38.5 Å². The number of nitrogens with zero attached hydrogens (tertiary/aromatic N) is 4. The summed E-state index contributed by atoms with van der Waals surface area (Å²) in [6, 6.07) is 9.16. The zero-order valence-electron chi connectivity index (χ0n) is 14.5. The van der Waals surface area contributed by atoms with E-state index in [0.29, 0.717) is 6.04 Å². The average Bonchev–Trinajstić information content (AvgIpc) is 3.07. The second kappa shape index (κ2) is 8.05. The van der Waals surface area contributed by atoms with Gasteiger partial charge in [0, 0.05) is 44.8 Å². The van der Waals surface area contributed by atoms with Gasteiger partial charge in [0.2, 0.25) is 5.13 Å². The minimum absolute atomic E-state index is 0.221. The molecule has 130 valence electrons. The van der Waals surface area contributed by atoms with Crippen LogP contribution in [-0.2, 0) is 13.0 Å². The second-order valence-electron chi connectivity index (χ2n) is 6.54. The van der Waals surface area contributed by atoms with Gasteiger partial charge >= 0.3 is 0 Å². The van der Waals surface area contributed by atoms with Crippen molar-refractivity contribution < 1.29 is 5.11 Å². The molecule has 6 heteroatoms. The zero-order valence-corrected chi connectivity index (χ0v) is 15.3. The SMILES string of the molecule is CN(C)c1nc(CN(CCCO)C2CCCc3ccccc32)ns1. The molecule has 1 unspecified atom stereocenters. The number of benzene rings is 1. The van der Waals surface area contributed by atoms with Gasteiger partial charge in [0.1, 0.15) is 0 Å². The minimum Gasteiger partial charge on any atom is -0.396 e. The first-order valence-corrected chi connectivity index (χ1v) is 9.39. The molecule has 1 aliphatic carbocycles. The van der Waals surface area contributed by atoms with E-state index in [0.717, 1.165) is 36.9 Å². The smallest absolute Gasteiger partial charge is 0.204 e. The molecule has 5 nitrogen and oxygen atoms in total. The van der Waals surface area contributed by atoms with Crippen LogP contribution in [0.25, 0.3) is 0 Å². The lowest BCUT2D eigenvalue weighted by Gasteiger charge is -2.35. The Kier molecular flexibility index (Phi) is 5.81. The maximum absolute atomic E-state index is 9.29. The van der Waals surface area contributed by atoms with Gasteiger partial charge in [0.25, 0.3) is 0 Å². The maximum atomic E-state index is 9.29. The van der Waals surface area contributed by atoms with Gasteiger partial charge in [0.05, 0.1) is 6.54 Å². The second-order valence-corrected chi connectivity index (χ2v) is 7.27. The fraction of sp³-hybridized carbons (Fsp3) is 0.556. The highest BCUT2D eigenvalue weighted by atomic mass is 32.1. The molecule has 0 saturated carbocycles. The number of rotatable bonds is 7. The quantitative estimate of drug-likeness (QED) is 0.835. The third kappa shape index (κ3) is 3.94. The fourth-order valence-corrected chi connectivity index (χ4v) is 3.99. The van der Waals surface area contributed by atoms with Crippen molar-refractivity contribution >= 4 is 16.7 Å². The lowest BCUT2D eigenvalue weighted by molar-refractivity contribution is 0.149. The van der Waals surface area contributed by atoms with Crippen molar-refractivity contribution in [1.82, 2.24) is 14.3 Å². The summed E-state index contributed by atoms with van der Waals surface area (Å²) in [5.41, 5.74) is 2.90. The van der Waals surface area contributed by atoms with Crippen LogP contribution < -0.4 is 4.90 Å². The molecule has 1 aromatic carbocycles. The first kappa shape index (κ1) is 17.3. The van der Waals surface area contributed by atoms with Gasteiger partial charge in [0.15, 0.2) is 5.82 Å². The molecule has 0 spiro atoms. The third-order valence-electron chi connectivity index (χ3n) is 4.57. The number of fused-ring (bicyclic) bond motifs is 1. The van der Waals surface area contributed by atoms with Crippen LogP contribution in [0.2, 0.25) is 0 Å². The van der Waals surface area contributed by atoms with Crippen LogP contribution in [0, 0.1) is 0 Å². The van der Waals surface area contributed by atoms with Crippen LogP contribution in [-0.4, -0.2) is 46.6 Å². The number of aliphatic hydroxyl groups is 1. The molecule has 0 aliphatic heterocycles. The van der Waals surface area contributed by atoms with Crippen LogP contribution >= 0.6 is 11.5 Å². The Morgan fingerprint density at radius 2 is 2.12 bits per heavy atom. The van der Waals surface area contributed by atoms with Crippen LogP contribution in [0.3, 0.4) is 0 Å². The number of hydrogen-bond acceptors (Lipinski definition) is 6. The molecule has 0 saturated heterocycles. The van der Waals surface area contributed by atoms with Crippen molar-refractivity contribution in [3.05, 3.63) is 41.2 Å². The van der Waals surface area contributed by atoms with Gasteiger partial charge in [-0.2, -0.15) is 4.37 Å². The predicted molar refractivity (Wildman–Crippen MR) is 98.5 cm³/mol. The Balaban J connectivity index is 1.81. The predicted octanol–water partition coefficient (Wildman–Crippen LogP) is 2.87. The Labute approximate surface area is 148 Å². The van der Waals surface area contributed by atoms with Gasteiger partial charge in [-0.15, -0.1) is 0 Å². The van der Waals surface area contributed by atoms with E-state index in [1.54, 1.807) is 0 Å². The molecule has 1 N–H and O–H groups in total. The summed E-state index contributed by atoms with van der Waals surface area (Å²) in [6.45, 7) is 1.83. The van der Waals surface area contributed by atoms with Gasteiger partial charge in [-0.05, 0) is 36.8 Å². The summed E-state index contributed by atoms with van der Waals surface area (Å²) in [5, 5.41) is 10.2. The topological polar surface area (TPSA) is 52.5 Å². The number of anilines is 1. The highest BCUT2D eigenvalue weighted by Gasteiger charge is 2.26. The minimum atomic E-state index is 0.221. The molecule has 1 aliphatic rings. The van der Waals surface area contributed by atoms with Crippen molar-refractivity contribution in [1.29, 1.82) is 0 Å². The largest absolute Gasteiger partial charge is 0.396 e. The molecular formula is C18H26N4OS. The highest BCUT2D eigenvalue weighted by Crippen LogP contribution is 2.35. The van der Waals surface area contributed by atoms with Gasteiger partial charge in [-0.25, -0.2) is 4.98 Å². The van der Waals surface area contributed by atoms with E-state index >= 15 is 0 Å². The fourth-order valence-electron chi connectivity index (χ4n) is 3.40. The molecular weight excluding hydrogens is 320 g/mol. The molecule has 2 aromatic rings. The Hall–Kier alpha value is -1.50. The van der Waals surface area contributed by atoms with Crippen molar-refractivity contribution in [2.75, 3.05) is 32.1 Å². The number of hydrogen-bond donors (Lipinski definition) is 1. The Morgan fingerprint density at radius 3 is 2.88 bits per heavy atom. The van der Waals surface area contributed by atoms with Crippen LogP contribution in [0.5, 0.6) is 0 Å². The van der Waals surface area contributed by atoms with Crippen molar-refractivity contribution in [2.45, 2.75) is 38.3 Å². The highest BCUT2D eigenvalue weighted by molar-refractivity contribution is 7.09. The number of aromatic nitrogens is 2. The van der Waals surface area contributed by atoms with Crippen LogP contribution in [0.15, 0.2) is 24.3 Å². The molecule has 0 fully saturated rings. The normalized spacial score (nSPS) is 17.1. The third-order valence-corrected chi connectivity index (χ3v) is 5.49. The summed E-state index contributed by atoms with van der Waals surface area (Å²) in [4.78, 5) is 9.07. The van der Waals surface area contributed by atoms with E-state index in [-0.39, 0.29) is 6.61 Å². The summed E-state index contributed by atoms with van der Waals surface area (Å²) in [6.07, 6.45) is 4.32. The summed E-state index contributed by atoms with van der Waals surface area (Å²) in [7, 11) is 3.98. The average molecular weight is 346 g/mol. The van der Waals surface area contributed by atoms with E-state index in [4.69, 9.17) is 0 Å². The van der Waals surface area contributed by atoms with Crippen LogP contribution in [0.1, 0.15) is 42.3 Å². The molecule has 0 amide bonds. The lowest BCUT2D eigenvalue weighted by Crippen LogP contribution is -2.32. The Bertz CT molecular complexity index is 658. The first-order chi connectivity index (χ1) is 11.7. The molecule has 0 bridgehead atoms.